The van der Waals surface area contributed by atoms with Crippen molar-refractivity contribution in [2.24, 2.45) is 0 Å². The highest BCUT2D eigenvalue weighted by atomic mass is 16.4. The zero-order valence-electron chi connectivity index (χ0n) is 12.6. The number of aliphatic carboxylic acids is 1. The van der Waals surface area contributed by atoms with Crippen LogP contribution in [0.25, 0.3) is 0 Å². The third kappa shape index (κ3) is 4.67. The molecule has 114 valence electrons. The number of nitrogens with one attached hydrogen (secondary N) is 1. The van der Waals surface area contributed by atoms with Gasteiger partial charge in [0.1, 0.15) is 0 Å². The maximum absolute atomic E-state index is 12.5. The Labute approximate surface area is 125 Å². The topological polar surface area (TPSA) is 66.4 Å². The summed E-state index contributed by atoms with van der Waals surface area (Å²) >= 11 is 0. The third-order valence-corrected chi connectivity index (χ3v) is 3.84. The monoisotopic (exact) mass is 289 g/mol. The smallest absolute Gasteiger partial charge is 0.303 e. The quantitative estimate of drug-likeness (QED) is 0.722. The predicted molar refractivity (Wildman–Crippen MR) is 81.7 cm³/mol. The van der Waals surface area contributed by atoms with Crippen LogP contribution in [0.3, 0.4) is 0 Å². The van der Waals surface area contributed by atoms with Crippen LogP contribution in [0.5, 0.6) is 0 Å². The molecule has 1 atom stereocenters. The van der Waals surface area contributed by atoms with Gasteiger partial charge in [-0.3, -0.25) is 9.59 Å². The van der Waals surface area contributed by atoms with Gasteiger partial charge in [-0.1, -0.05) is 38.1 Å². The van der Waals surface area contributed by atoms with Gasteiger partial charge in [-0.05, 0) is 30.7 Å². The Hall–Kier alpha value is -1.68. The third-order valence-electron chi connectivity index (χ3n) is 3.84. The van der Waals surface area contributed by atoms with Gasteiger partial charge in [0.25, 0.3) is 0 Å². The Balaban J connectivity index is 2.06. The van der Waals surface area contributed by atoms with Gasteiger partial charge in [-0.25, -0.2) is 0 Å². The zero-order chi connectivity index (χ0) is 15.4. The molecule has 1 aromatic rings. The molecule has 0 amide bonds. The molecule has 0 saturated heterocycles. The summed E-state index contributed by atoms with van der Waals surface area (Å²) in [5, 5.41) is 12.1. The normalized spacial score (nSPS) is 16.0. The van der Waals surface area contributed by atoms with Crippen LogP contribution in [0.15, 0.2) is 24.3 Å². The Kier molecular flexibility index (Phi) is 5.12. The molecule has 0 aromatic heterocycles. The van der Waals surface area contributed by atoms with Crippen LogP contribution in [0, 0.1) is 0 Å². The van der Waals surface area contributed by atoms with Gasteiger partial charge in [0.2, 0.25) is 0 Å². The maximum Gasteiger partial charge on any atom is 0.303 e. The second-order valence-corrected chi connectivity index (χ2v) is 6.07. The highest BCUT2D eigenvalue weighted by Gasteiger charge is 2.29. The van der Waals surface area contributed by atoms with Gasteiger partial charge in [0, 0.05) is 18.0 Å². The number of benzene rings is 1. The molecule has 0 bridgehead atoms. The van der Waals surface area contributed by atoms with Gasteiger partial charge < -0.3 is 10.4 Å². The minimum atomic E-state index is -0.861. The average Bonchev–Trinajstić information content (AvgIpc) is 3.26. The summed E-state index contributed by atoms with van der Waals surface area (Å²) < 4.78 is 0. The standard InChI is InChI=1S/C17H23NO3/c1-11(2)12-3-5-13(6-4-12)17(21)15(9-10-16(19)20)18-14-7-8-14/h3-6,11,14-15,18H,7-10H2,1-2H3,(H,19,20). The summed E-state index contributed by atoms with van der Waals surface area (Å²) in [6, 6.07) is 7.63. The first-order chi connectivity index (χ1) is 9.97. The van der Waals surface area contributed by atoms with Gasteiger partial charge in [0.05, 0.1) is 6.04 Å². The summed E-state index contributed by atoms with van der Waals surface area (Å²) in [6.07, 6.45) is 2.50. The lowest BCUT2D eigenvalue weighted by atomic mass is 9.96. The SMILES string of the molecule is CC(C)c1ccc(C(=O)C(CCC(=O)O)NC2CC2)cc1. The van der Waals surface area contributed by atoms with E-state index in [1.807, 2.05) is 24.3 Å². The molecule has 2 rings (SSSR count). The maximum atomic E-state index is 12.5. The van der Waals surface area contributed by atoms with Gasteiger partial charge >= 0.3 is 5.97 Å². The molecule has 1 aromatic carbocycles. The largest absolute Gasteiger partial charge is 0.481 e. The van der Waals surface area contributed by atoms with Crippen LogP contribution in [0.4, 0.5) is 0 Å². The fourth-order valence-corrected chi connectivity index (χ4v) is 2.33. The van der Waals surface area contributed by atoms with Crippen molar-refractivity contribution < 1.29 is 14.7 Å². The molecule has 4 nitrogen and oxygen atoms in total. The van der Waals surface area contributed by atoms with Crippen LogP contribution in [-0.4, -0.2) is 28.9 Å². The minimum Gasteiger partial charge on any atom is -0.481 e. The van der Waals surface area contributed by atoms with E-state index in [4.69, 9.17) is 5.11 Å². The van der Waals surface area contributed by atoms with Crippen LogP contribution < -0.4 is 5.32 Å². The summed E-state index contributed by atoms with van der Waals surface area (Å²) in [4.78, 5) is 23.3. The number of hydrogen-bond donors (Lipinski definition) is 2. The molecule has 1 saturated carbocycles. The lowest BCUT2D eigenvalue weighted by Gasteiger charge is -2.17. The molecule has 1 unspecified atom stereocenters. The Morgan fingerprint density at radius 3 is 2.33 bits per heavy atom. The van der Waals surface area contributed by atoms with Crippen LogP contribution >= 0.6 is 0 Å². The molecule has 0 aliphatic heterocycles. The second kappa shape index (κ2) is 6.85. The molecule has 0 heterocycles. The number of rotatable bonds is 8. The number of carboxylic acids is 1. The van der Waals surface area contributed by atoms with Gasteiger partial charge in [-0.2, -0.15) is 0 Å². The summed E-state index contributed by atoms with van der Waals surface area (Å²) in [7, 11) is 0. The highest BCUT2D eigenvalue weighted by Crippen LogP contribution is 2.22. The summed E-state index contributed by atoms with van der Waals surface area (Å²) in [5.74, 6) is -0.430. The molecule has 1 aliphatic rings. The highest BCUT2D eigenvalue weighted by molar-refractivity contribution is 6.00. The van der Waals surface area contributed by atoms with E-state index in [1.54, 1.807) is 0 Å². The predicted octanol–water partition coefficient (Wildman–Crippen LogP) is 2.98. The first kappa shape index (κ1) is 15.7. The second-order valence-electron chi connectivity index (χ2n) is 6.07. The van der Waals surface area contributed by atoms with Crippen LogP contribution in [0.2, 0.25) is 0 Å². The first-order valence-electron chi connectivity index (χ1n) is 7.59. The fraction of sp³-hybridized carbons (Fsp3) is 0.529. The van der Waals surface area contributed by atoms with E-state index in [9.17, 15) is 9.59 Å². The van der Waals surface area contributed by atoms with E-state index in [1.165, 1.54) is 5.56 Å². The van der Waals surface area contributed by atoms with E-state index >= 15 is 0 Å². The van der Waals surface area contributed by atoms with E-state index in [0.717, 1.165) is 12.8 Å². The fourth-order valence-electron chi connectivity index (χ4n) is 2.33. The van der Waals surface area contributed by atoms with Crippen molar-refractivity contribution >= 4 is 11.8 Å². The molecule has 1 aliphatic carbocycles. The minimum absolute atomic E-state index is 0.00143. The summed E-state index contributed by atoms with van der Waals surface area (Å²) in [6.45, 7) is 4.22. The van der Waals surface area contributed by atoms with Gasteiger partial charge in [0.15, 0.2) is 5.78 Å². The number of ketones is 1. The molecule has 4 heteroatoms. The number of Topliss-reactive ketones (excluding diaryl/α,β-unsaturated/α-hetero) is 1. The number of hydrogen-bond acceptors (Lipinski definition) is 3. The zero-order valence-corrected chi connectivity index (χ0v) is 12.6. The molecular formula is C17H23NO3. The van der Waals surface area contributed by atoms with Gasteiger partial charge in [-0.15, -0.1) is 0 Å². The van der Waals surface area contributed by atoms with E-state index in [2.05, 4.69) is 19.2 Å². The molecule has 0 radical (unpaired) electrons. The molecule has 2 N–H and O–H groups in total. The molecular weight excluding hydrogens is 266 g/mol. The number of carbonyl (C=O) groups is 2. The van der Waals surface area contributed by atoms with Crippen molar-refractivity contribution in [1.82, 2.24) is 5.32 Å². The molecule has 21 heavy (non-hydrogen) atoms. The van der Waals surface area contributed by atoms with Crippen molar-refractivity contribution in [2.75, 3.05) is 0 Å². The average molecular weight is 289 g/mol. The molecule has 0 spiro atoms. The Morgan fingerprint density at radius 1 is 1.24 bits per heavy atom. The number of carbonyl (C=O) groups excluding carboxylic acids is 1. The summed E-state index contributed by atoms with van der Waals surface area (Å²) in [5.41, 5.74) is 1.85. The lowest BCUT2D eigenvalue weighted by Crippen LogP contribution is -2.38. The van der Waals surface area contributed by atoms with Crippen LogP contribution in [-0.2, 0) is 4.79 Å². The van der Waals surface area contributed by atoms with Crippen molar-refractivity contribution in [3.8, 4) is 0 Å². The Morgan fingerprint density at radius 2 is 1.86 bits per heavy atom. The van der Waals surface area contributed by atoms with E-state index in [0.29, 0.717) is 23.9 Å². The van der Waals surface area contributed by atoms with Crippen LogP contribution in [0.1, 0.15) is 61.4 Å². The van der Waals surface area contributed by atoms with Crippen molar-refractivity contribution in [3.63, 3.8) is 0 Å². The van der Waals surface area contributed by atoms with Crippen molar-refractivity contribution in [3.05, 3.63) is 35.4 Å². The van der Waals surface area contributed by atoms with E-state index < -0.39 is 12.0 Å². The molecule has 1 fully saturated rings. The lowest BCUT2D eigenvalue weighted by molar-refractivity contribution is -0.137. The van der Waals surface area contributed by atoms with E-state index in [-0.39, 0.29) is 12.2 Å². The number of carboxylic acid groups (broad SMARTS) is 1. The first-order valence-corrected chi connectivity index (χ1v) is 7.59. The van der Waals surface area contributed by atoms with Crippen molar-refractivity contribution in [2.45, 2.75) is 57.5 Å². The van der Waals surface area contributed by atoms with Crippen molar-refractivity contribution in [1.29, 1.82) is 0 Å². The Bertz CT molecular complexity index is 503.